The number of carbonyl (C=O) groups excluding carboxylic acids is 1. The molecule has 0 aliphatic carbocycles. The predicted molar refractivity (Wildman–Crippen MR) is 89.2 cm³/mol. The zero-order valence-corrected chi connectivity index (χ0v) is 14.5. The number of thioether (sulfide) groups is 1. The first-order valence-electron chi connectivity index (χ1n) is 6.91. The Bertz CT molecular complexity index is 482. The zero-order valence-electron chi connectivity index (χ0n) is 12.1. The number of rotatable bonds is 4. The van der Waals surface area contributed by atoms with E-state index in [0.717, 1.165) is 5.56 Å². The van der Waals surface area contributed by atoms with Crippen LogP contribution in [0.1, 0.15) is 19.4 Å². The summed E-state index contributed by atoms with van der Waals surface area (Å²) in [6, 6.07) is 5.45. The molecule has 1 amide bonds. The van der Waals surface area contributed by atoms with Crippen LogP contribution >= 0.6 is 35.0 Å². The topological polar surface area (TPSA) is 29.5 Å². The Balaban J connectivity index is 1.84. The molecule has 3 nitrogen and oxygen atoms in total. The molecule has 0 spiro atoms. The lowest BCUT2D eigenvalue weighted by Gasteiger charge is -2.35. The predicted octanol–water partition coefficient (Wildman–Crippen LogP) is 3.86. The van der Waals surface area contributed by atoms with Gasteiger partial charge in [-0.3, -0.25) is 4.79 Å². The Morgan fingerprint density at radius 2 is 1.86 bits per heavy atom. The molecule has 1 heterocycles. The fraction of sp³-hybridized carbons (Fsp3) is 0.533. The van der Waals surface area contributed by atoms with Gasteiger partial charge in [0.2, 0.25) is 5.91 Å². The summed E-state index contributed by atoms with van der Waals surface area (Å²) in [5, 5.41) is 1.30. The number of benzene rings is 1. The van der Waals surface area contributed by atoms with E-state index in [2.05, 4.69) is 0 Å². The summed E-state index contributed by atoms with van der Waals surface area (Å²) in [7, 11) is 0. The molecule has 6 heteroatoms. The van der Waals surface area contributed by atoms with Crippen molar-refractivity contribution in [3.05, 3.63) is 33.8 Å². The molecule has 1 aromatic rings. The van der Waals surface area contributed by atoms with E-state index in [9.17, 15) is 4.79 Å². The molecule has 1 aromatic carbocycles. The summed E-state index contributed by atoms with van der Waals surface area (Å²) in [6.07, 6.45) is 0.196. The Hall–Kier alpha value is -0.420. The molecule has 0 bridgehead atoms. The molecule has 1 aliphatic rings. The van der Waals surface area contributed by atoms with E-state index in [0.29, 0.717) is 34.6 Å². The molecule has 0 saturated carbocycles. The van der Waals surface area contributed by atoms with Crippen LogP contribution in [0.5, 0.6) is 0 Å². The fourth-order valence-corrected chi connectivity index (χ4v) is 4.05. The van der Waals surface area contributed by atoms with E-state index in [4.69, 9.17) is 27.9 Å². The summed E-state index contributed by atoms with van der Waals surface area (Å²) in [5.74, 6) is 1.21. The van der Waals surface area contributed by atoms with E-state index in [1.807, 2.05) is 36.9 Å². The lowest BCUT2D eigenvalue weighted by molar-refractivity contribution is -0.140. The number of morpholine rings is 1. The number of carbonyl (C=O) groups is 1. The normalized spacial score (nSPS) is 22.4. The minimum atomic E-state index is 0.0979. The molecular formula is C15H19Cl2NO2S. The number of halogens is 2. The van der Waals surface area contributed by atoms with Gasteiger partial charge in [0.25, 0.3) is 0 Å². The van der Waals surface area contributed by atoms with Crippen molar-refractivity contribution < 1.29 is 9.53 Å². The molecule has 116 valence electrons. The second-order valence-corrected chi connectivity index (χ2v) is 7.05. The Kier molecular flexibility index (Phi) is 6.23. The Morgan fingerprint density at radius 3 is 2.43 bits per heavy atom. The van der Waals surface area contributed by atoms with Crippen molar-refractivity contribution in [1.82, 2.24) is 4.90 Å². The van der Waals surface area contributed by atoms with Crippen molar-refractivity contribution in [2.45, 2.75) is 31.8 Å². The number of hydrogen-bond donors (Lipinski definition) is 0. The first kappa shape index (κ1) is 16.9. The number of amides is 1. The van der Waals surface area contributed by atoms with E-state index in [1.54, 1.807) is 0 Å². The molecule has 21 heavy (non-hydrogen) atoms. The quantitative estimate of drug-likeness (QED) is 0.828. The first-order valence-corrected chi connectivity index (χ1v) is 8.82. The van der Waals surface area contributed by atoms with Crippen LogP contribution in [0.25, 0.3) is 0 Å². The number of hydrogen-bond acceptors (Lipinski definition) is 3. The maximum Gasteiger partial charge on any atom is 0.232 e. The lowest BCUT2D eigenvalue weighted by Crippen LogP contribution is -2.48. The van der Waals surface area contributed by atoms with Gasteiger partial charge in [-0.1, -0.05) is 29.3 Å². The first-order chi connectivity index (χ1) is 9.97. The summed E-state index contributed by atoms with van der Waals surface area (Å²) >= 11 is 13.8. The zero-order chi connectivity index (χ0) is 15.4. The molecule has 2 rings (SSSR count). The third-order valence-electron chi connectivity index (χ3n) is 3.31. The smallest absolute Gasteiger partial charge is 0.232 e. The van der Waals surface area contributed by atoms with E-state index >= 15 is 0 Å². The SMILES string of the molecule is CC1CN(C(=O)CSCc2c(Cl)cccc2Cl)CC(C)O1. The second-order valence-electron chi connectivity index (χ2n) is 5.25. The van der Waals surface area contributed by atoms with Crippen molar-refractivity contribution in [2.24, 2.45) is 0 Å². The van der Waals surface area contributed by atoms with Gasteiger partial charge in [0.1, 0.15) is 0 Å². The van der Waals surface area contributed by atoms with Crippen LogP contribution in [0.15, 0.2) is 18.2 Å². The minimum absolute atomic E-state index is 0.0979. The molecular weight excluding hydrogens is 329 g/mol. The van der Waals surface area contributed by atoms with E-state index in [-0.39, 0.29) is 18.1 Å². The van der Waals surface area contributed by atoms with Crippen molar-refractivity contribution in [3.8, 4) is 0 Å². The molecule has 1 aliphatic heterocycles. The molecule has 2 atom stereocenters. The van der Waals surface area contributed by atoms with Crippen LogP contribution in [-0.2, 0) is 15.3 Å². The van der Waals surface area contributed by atoms with Gasteiger partial charge in [-0.15, -0.1) is 11.8 Å². The second kappa shape index (κ2) is 7.73. The van der Waals surface area contributed by atoms with Gasteiger partial charge in [0, 0.05) is 28.9 Å². The van der Waals surface area contributed by atoms with Crippen LogP contribution in [0.2, 0.25) is 10.0 Å². The van der Waals surface area contributed by atoms with Gasteiger partial charge < -0.3 is 9.64 Å². The van der Waals surface area contributed by atoms with Gasteiger partial charge in [-0.2, -0.15) is 0 Å². The van der Waals surface area contributed by atoms with E-state index in [1.165, 1.54) is 11.8 Å². The van der Waals surface area contributed by atoms with Gasteiger partial charge >= 0.3 is 0 Å². The summed E-state index contributed by atoms with van der Waals surface area (Å²) in [4.78, 5) is 14.1. The molecule has 1 saturated heterocycles. The van der Waals surface area contributed by atoms with Crippen molar-refractivity contribution in [1.29, 1.82) is 0 Å². The minimum Gasteiger partial charge on any atom is -0.372 e. The number of nitrogens with zero attached hydrogens (tertiary/aromatic N) is 1. The molecule has 0 N–H and O–H groups in total. The van der Waals surface area contributed by atoms with Gasteiger partial charge in [-0.25, -0.2) is 0 Å². The van der Waals surface area contributed by atoms with Crippen LogP contribution in [0.3, 0.4) is 0 Å². The standard InChI is InChI=1S/C15H19Cl2NO2S/c1-10-6-18(7-11(2)20-10)15(19)9-21-8-12-13(16)4-3-5-14(12)17/h3-5,10-11H,6-9H2,1-2H3. The third kappa shape index (κ3) is 4.78. The van der Waals surface area contributed by atoms with Gasteiger partial charge in [0.05, 0.1) is 18.0 Å². The summed E-state index contributed by atoms with van der Waals surface area (Å²) < 4.78 is 5.64. The van der Waals surface area contributed by atoms with Crippen molar-refractivity contribution in [3.63, 3.8) is 0 Å². The largest absolute Gasteiger partial charge is 0.372 e. The molecule has 1 fully saturated rings. The molecule has 0 aromatic heterocycles. The maximum absolute atomic E-state index is 12.2. The molecule has 0 radical (unpaired) electrons. The summed E-state index contributed by atoms with van der Waals surface area (Å²) in [6.45, 7) is 5.31. The summed E-state index contributed by atoms with van der Waals surface area (Å²) in [5.41, 5.74) is 0.891. The van der Waals surface area contributed by atoms with Gasteiger partial charge in [0.15, 0.2) is 0 Å². The highest BCUT2D eigenvalue weighted by Crippen LogP contribution is 2.28. The highest BCUT2D eigenvalue weighted by atomic mass is 35.5. The van der Waals surface area contributed by atoms with Crippen LogP contribution in [-0.4, -0.2) is 41.9 Å². The van der Waals surface area contributed by atoms with Crippen molar-refractivity contribution in [2.75, 3.05) is 18.8 Å². The molecule has 2 unspecified atom stereocenters. The average Bonchev–Trinajstić information content (AvgIpc) is 2.40. The van der Waals surface area contributed by atoms with Crippen molar-refractivity contribution >= 4 is 40.9 Å². The fourth-order valence-electron chi connectivity index (χ4n) is 2.38. The maximum atomic E-state index is 12.2. The third-order valence-corrected chi connectivity index (χ3v) is 4.96. The van der Waals surface area contributed by atoms with Crippen LogP contribution < -0.4 is 0 Å². The highest BCUT2D eigenvalue weighted by molar-refractivity contribution is 7.99. The van der Waals surface area contributed by atoms with Gasteiger partial charge in [-0.05, 0) is 31.5 Å². The Morgan fingerprint density at radius 1 is 1.29 bits per heavy atom. The lowest BCUT2D eigenvalue weighted by atomic mass is 10.2. The van der Waals surface area contributed by atoms with Crippen LogP contribution in [0, 0.1) is 0 Å². The number of ether oxygens (including phenoxy) is 1. The van der Waals surface area contributed by atoms with Crippen LogP contribution in [0.4, 0.5) is 0 Å². The highest BCUT2D eigenvalue weighted by Gasteiger charge is 2.25. The van der Waals surface area contributed by atoms with E-state index < -0.39 is 0 Å². The Labute approximate surface area is 139 Å². The average molecular weight is 348 g/mol. The monoisotopic (exact) mass is 347 g/mol.